The van der Waals surface area contributed by atoms with Crippen molar-refractivity contribution < 1.29 is 23.9 Å². The van der Waals surface area contributed by atoms with Crippen LogP contribution in [0.4, 0.5) is 4.39 Å². The predicted octanol–water partition coefficient (Wildman–Crippen LogP) is 3.32. The van der Waals surface area contributed by atoms with Crippen molar-refractivity contribution in [3.63, 3.8) is 0 Å². The molecule has 0 aliphatic carbocycles. The van der Waals surface area contributed by atoms with Crippen LogP contribution in [0.2, 0.25) is 0 Å². The lowest BCUT2D eigenvalue weighted by Gasteiger charge is -2.13. The van der Waals surface area contributed by atoms with Crippen LogP contribution in [0.5, 0.6) is 0 Å². The van der Waals surface area contributed by atoms with Crippen molar-refractivity contribution >= 4 is 17.7 Å². The van der Waals surface area contributed by atoms with Crippen LogP contribution in [0.3, 0.4) is 0 Å². The molecule has 0 aromatic heterocycles. The number of hydrogen-bond donors (Lipinski definition) is 2. The van der Waals surface area contributed by atoms with E-state index in [9.17, 15) is 18.8 Å². The van der Waals surface area contributed by atoms with E-state index in [1.165, 1.54) is 30.5 Å². The number of halogens is 1. The van der Waals surface area contributed by atoms with Crippen LogP contribution < -0.4 is 5.73 Å². The summed E-state index contributed by atoms with van der Waals surface area (Å²) in [6, 6.07) is 13.9. The number of primary amides is 1. The number of aryl methyl sites for hydroxylation is 1. The van der Waals surface area contributed by atoms with Gasteiger partial charge in [-0.3, -0.25) is 9.59 Å². The van der Waals surface area contributed by atoms with Crippen LogP contribution >= 0.6 is 0 Å². The van der Waals surface area contributed by atoms with E-state index in [0.717, 1.165) is 13.0 Å². The first-order valence-electron chi connectivity index (χ1n) is 8.15. The van der Waals surface area contributed by atoms with Gasteiger partial charge in [-0.05, 0) is 30.5 Å². The number of nitrogens with two attached hydrogens (primary N) is 1. The molecule has 2 aromatic rings. The highest BCUT2D eigenvalue weighted by Crippen LogP contribution is 2.23. The van der Waals surface area contributed by atoms with Crippen LogP contribution in [0, 0.1) is 5.82 Å². The lowest BCUT2D eigenvalue weighted by molar-refractivity contribution is -0.127. The Bertz CT molecular complexity index is 761. The number of benzene rings is 2. The fraction of sp³-hybridized carbons (Fsp3) is 0.250. The Balaban J connectivity index is 0.000000314. The van der Waals surface area contributed by atoms with Gasteiger partial charge in [0.05, 0.1) is 5.56 Å². The molecule has 0 spiro atoms. The van der Waals surface area contributed by atoms with Gasteiger partial charge in [0.2, 0.25) is 5.91 Å². The standard InChI is InChI=1S/C11H10FNO4.C9H12/c1-5(14)8(10(13)15)6-3-2-4-7(12)9(6)11(16)17;1-2-6-9-7-4-3-5-8-9/h2-4,8H,1H3,(H2,13,15)(H,16,17);3-5,7-8H,2,6H2,1H3. The second kappa shape index (κ2) is 10.1. The van der Waals surface area contributed by atoms with E-state index in [1.54, 1.807) is 0 Å². The first kappa shape index (κ1) is 21.0. The molecule has 5 nitrogen and oxygen atoms in total. The van der Waals surface area contributed by atoms with Crippen molar-refractivity contribution in [3.8, 4) is 0 Å². The van der Waals surface area contributed by atoms with Crippen molar-refractivity contribution in [2.75, 3.05) is 0 Å². The highest BCUT2D eigenvalue weighted by Gasteiger charge is 2.29. The molecule has 0 fully saturated rings. The third-order valence-corrected chi connectivity index (χ3v) is 3.64. The van der Waals surface area contributed by atoms with Crippen molar-refractivity contribution in [2.45, 2.75) is 32.6 Å². The zero-order valence-electron chi connectivity index (χ0n) is 14.7. The summed E-state index contributed by atoms with van der Waals surface area (Å²) in [6.45, 7) is 3.29. The Kier molecular flexibility index (Phi) is 8.15. The topological polar surface area (TPSA) is 97.5 Å². The monoisotopic (exact) mass is 359 g/mol. The second-order valence-electron chi connectivity index (χ2n) is 5.69. The molecule has 3 N–H and O–H groups in total. The van der Waals surface area contributed by atoms with Crippen molar-refractivity contribution in [3.05, 3.63) is 71.0 Å². The van der Waals surface area contributed by atoms with Gasteiger partial charge in [0.25, 0.3) is 0 Å². The minimum absolute atomic E-state index is 0.225. The third kappa shape index (κ3) is 5.81. The Labute approximate surface area is 151 Å². The Morgan fingerprint density at radius 1 is 1.08 bits per heavy atom. The number of aromatic carboxylic acids is 1. The largest absolute Gasteiger partial charge is 0.478 e. The maximum atomic E-state index is 13.3. The van der Waals surface area contributed by atoms with Gasteiger partial charge in [0, 0.05) is 0 Å². The van der Waals surface area contributed by atoms with Crippen molar-refractivity contribution in [1.82, 2.24) is 0 Å². The number of carboxylic acids is 1. The number of ketones is 1. The average Bonchev–Trinajstić information content (AvgIpc) is 2.56. The van der Waals surface area contributed by atoms with Crippen LogP contribution in [0.25, 0.3) is 0 Å². The summed E-state index contributed by atoms with van der Waals surface area (Å²) >= 11 is 0. The quantitative estimate of drug-likeness (QED) is 0.773. The van der Waals surface area contributed by atoms with Crippen molar-refractivity contribution in [2.24, 2.45) is 5.73 Å². The molecule has 0 radical (unpaired) electrons. The van der Waals surface area contributed by atoms with E-state index in [1.807, 2.05) is 0 Å². The molecule has 1 amide bonds. The zero-order chi connectivity index (χ0) is 19.7. The number of Topliss-reactive ketones (excluding diaryl/α,β-unsaturated/α-hetero) is 1. The van der Waals surface area contributed by atoms with Gasteiger partial charge in [-0.1, -0.05) is 55.8 Å². The number of amides is 1. The van der Waals surface area contributed by atoms with Gasteiger partial charge in [-0.15, -0.1) is 0 Å². The first-order valence-corrected chi connectivity index (χ1v) is 8.15. The van der Waals surface area contributed by atoms with Crippen LogP contribution in [0.1, 0.15) is 47.7 Å². The highest BCUT2D eigenvalue weighted by atomic mass is 19.1. The summed E-state index contributed by atoms with van der Waals surface area (Å²) in [4.78, 5) is 33.3. The fourth-order valence-corrected chi connectivity index (χ4v) is 2.51. The minimum atomic E-state index is -1.55. The number of carboxylic acid groups (broad SMARTS) is 1. The number of carbonyl (C=O) groups excluding carboxylic acids is 2. The Morgan fingerprint density at radius 3 is 2.15 bits per heavy atom. The second-order valence-corrected chi connectivity index (χ2v) is 5.69. The molecular weight excluding hydrogens is 337 g/mol. The van der Waals surface area contributed by atoms with Crippen LogP contribution in [-0.2, 0) is 16.0 Å². The molecule has 0 aliphatic heterocycles. The molecule has 0 heterocycles. The summed E-state index contributed by atoms with van der Waals surface area (Å²) in [5, 5.41) is 8.86. The smallest absolute Gasteiger partial charge is 0.339 e. The van der Waals surface area contributed by atoms with E-state index in [2.05, 4.69) is 37.3 Å². The van der Waals surface area contributed by atoms with E-state index < -0.39 is 35.0 Å². The normalized spacial score (nSPS) is 11.0. The Hall–Kier alpha value is -3.02. The molecule has 6 heteroatoms. The summed E-state index contributed by atoms with van der Waals surface area (Å²) in [5.41, 5.74) is 5.53. The molecule has 0 saturated carbocycles. The molecule has 2 aromatic carbocycles. The molecule has 0 bridgehead atoms. The number of hydrogen-bond acceptors (Lipinski definition) is 3. The highest BCUT2D eigenvalue weighted by molar-refractivity contribution is 6.07. The van der Waals surface area contributed by atoms with Crippen LogP contribution in [0.15, 0.2) is 48.5 Å². The van der Waals surface area contributed by atoms with Crippen LogP contribution in [-0.4, -0.2) is 22.8 Å². The van der Waals surface area contributed by atoms with Gasteiger partial charge in [0.15, 0.2) is 0 Å². The van der Waals surface area contributed by atoms with Gasteiger partial charge >= 0.3 is 5.97 Å². The molecule has 2 rings (SSSR count). The number of carbonyl (C=O) groups is 3. The predicted molar refractivity (Wildman–Crippen MR) is 96.4 cm³/mol. The first-order chi connectivity index (χ1) is 12.3. The maximum absolute atomic E-state index is 13.3. The van der Waals surface area contributed by atoms with Gasteiger partial charge in [-0.2, -0.15) is 0 Å². The van der Waals surface area contributed by atoms with E-state index >= 15 is 0 Å². The Morgan fingerprint density at radius 2 is 1.69 bits per heavy atom. The van der Waals surface area contributed by atoms with Gasteiger partial charge in [-0.25, -0.2) is 9.18 Å². The van der Waals surface area contributed by atoms with Gasteiger partial charge in [0.1, 0.15) is 17.5 Å². The third-order valence-electron chi connectivity index (χ3n) is 3.64. The molecule has 0 aliphatic rings. The minimum Gasteiger partial charge on any atom is -0.478 e. The summed E-state index contributed by atoms with van der Waals surface area (Å²) in [7, 11) is 0. The molecule has 26 heavy (non-hydrogen) atoms. The lowest BCUT2D eigenvalue weighted by atomic mass is 9.90. The summed E-state index contributed by atoms with van der Waals surface area (Å²) in [6.07, 6.45) is 2.45. The molecular formula is C20H22FNO4. The molecule has 138 valence electrons. The van der Waals surface area contributed by atoms with Gasteiger partial charge < -0.3 is 10.8 Å². The molecule has 0 saturated heterocycles. The molecule has 1 unspecified atom stereocenters. The molecule has 1 atom stereocenters. The van der Waals surface area contributed by atoms with E-state index in [-0.39, 0.29) is 5.56 Å². The summed E-state index contributed by atoms with van der Waals surface area (Å²) < 4.78 is 13.3. The zero-order valence-corrected chi connectivity index (χ0v) is 14.7. The van der Waals surface area contributed by atoms with Crippen molar-refractivity contribution in [1.29, 1.82) is 0 Å². The average molecular weight is 359 g/mol. The van der Waals surface area contributed by atoms with E-state index in [4.69, 9.17) is 10.8 Å². The summed E-state index contributed by atoms with van der Waals surface area (Å²) in [5.74, 6) is -5.65. The number of rotatable bonds is 6. The lowest BCUT2D eigenvalue weighted by Crippen LogP contribution is -2.28. The van der Waals surface area contributed by atoms with E-state index in [0.29, 0.717) is 0 Å². The fourth-order valence-electron chi connectivity index (χ4n) is 2.51. The SMILES string of the molecule is CC(=O)C(C(N)=O)c1cccc(F)c1C(=O)O.CCCc1ccccc1. The maximum Gasteiger partial charge on any atom is 0.339 e.